The number of sulfonamides is 1. The first-order valence-electron chi connectivity index (χ1n) is 8.90. The third-order valence-corrected chi connectivity index (χ3v) is 5.97. The normalized spacial score (nSPS) is 11.6. The average molecular weight is 411 g/mol. The van der Waals surface area contributed by atoms with Crippen LogP contribution in [-0.4, -0.2) is 31.8 Å². The summed E-state index contributed by atoms with van der Waals surface area (Å²) in [6.45, 7) is 3.50. The Bertz CT molecular complexity index is 914. The molecule has 0 aromatic heterocycles. The number of ether oxygens (including phenoxy) is 1. The summed E-state index contributed by atoms with van der Waals surface area (Å²) >= 11 is 0. The lowest BCUT2D eigenvalue weighted by molar-refractivity contribution is -0.143. The molecule has 0 atom stereocenters. The van der Waals surface area contributed by atoms with E-state index in [0.717, 1.165) is 6.07 Å². The largest absolute Gasteiger partial charge is 0.466 e. The number of benzene rings is 2. The van der Waals surface area contributed by atoms with Crippen LogP contribution >= 0.6 is 0 Å². The molecule has 0 saturated heterocycles. The van der Waals surface area contributed by atoms with Gasteiger partial charge in [-0.2, -0.15) is 4.31 Å². The molecule has 2 aromatic rings. The zero-order valence-corrected chi connectivity index (χ0v) is 16.6. The first-order chi connectivity index (χ1) is 13.2. The molecule has 0 radical (unpaired) electrons. The lowest BCUT2D eigenvalue weighted by Crippen LogP contribution is -2.32. The first-order valence-corrected chi connectivity index (χ1v) is 10.3. The molecule has 28 heavy (non-hydrogen) atoms. The van der Waals surface area contributed by atoms with Gasteiger partial charge in [0.15, 0.2) is 0 Å². The van der Waals surface area contributed by atoms with Crippen LogP contribution in [-0.2, 0) is 26.1 Å². The molecule has 0 bridgehead atoms. The van der Waals surface area contributed by atoms with E-state index in [9.17, 15) is 22.0 Å². The van der Waals surface area contributed by atoms with E-state index >= 15 is 0 Å². The molecule has 0 aliphatic rings. The summed E-state index contributed by atoms with van der Waals surface area (Å²) in [6.07, 6.45) is 0.338. The van der Waals surface area contributed by atoms with Gasteiger partial charge in [-0.25, -0.2) is 17.2 Å². The van der Waals surface area contributed by atoms with Gasteiger partial charge in [0.05, 0.1) is 11.5 Å². The molecule has 0 N–H and O–H groups in total. The van der Waals surface area contributed by atoms with Crippen molar-refractivity contribution in [2.75, 3.05) is 13.2 Å². The fraction of sp³-hybridized carbons (Fsp3) is 0.350. The first kappa shape index (κ1) is 22.0. The number of hydrogen-bond donors (Lipinski definition) is 0. The number of carbonyl (C=O) groups is 1. The number of hydrogen-bond acceptors (Lipinski definition) is 4. The van der Waals surface area contributed by atoms with E-state index in [2.05, 4.69) is 0 Å². The van der Waals surface area contributed by atoms with Crippen LogP contribution < -0.4 is 0 Å². The van der Waals surface area contributed by atoms with Gasteiger partial charge in [0.1, 0.15) is 11.6 Å². The lowest BCUT2D eigenvalue weighted by Gasteiger charge is -2.22. The fourth-order valence-corrected chi connectivity index (χ4v) is 4.19. The van der Waals surface area contributed by atoms with Crippen molar-refractivity contribution in [3.8, 4) is 0 Å². The molecule has 152 valence electrons. The lowest BCUT2D eigenvalue weighted by atomic mass is 10.2. The summed E-state index contributed by atoms with van der Waals surface area (Å²) in [5.74, 6) is -1.32. The molecule has 2 aromatic carbocycles. The molecule has 2 rings (SSSR count). The van der Waals surface area contributed by atoms with Crippen LogP contribution in [0.3, 0.4) is 0 Å². The molecular weight excluding hydrogens is 388 g/mol. The van der Waals surface area contributed by atoms with Gasteiger partial charge >= 0.3 is 5.97 Å². The molecule has 0 unspecified atom stereocenters. The summed E-state index contributed by atoms with van der Waals surface area (Å²) in [5.41, 5.74) is 0.814. The Morgan fingerprint density at radius 1 is 1.11 bits per heavy atom. The predicted molar refractivity (Wildman–Crippen MR) is 101 cm³/mol. The molecule has 0 aliphatic carbocycles. The molecule has 0 saturated carbocycles. The zero-order chi connectivity index (χ0) is 20.7. The molecule has 0 heterocycles. The number of aryl methyl sites for hydroxylation is 1. The van der Waals surface area contributed by atoms with Gasteiger partial charge in [-0.05, 0) is 61.7 Å². The van der Waals surface area contributed by atoms with Crippen molar-refractivity contribution in [3.63, 3.8) is 0 Å². The van der Waals surface area contributed by atoms with Gasteiger partial charge in [0.2, 0.25) is 10.0 Å². The fourth-order valence-electron chi connectivity index (χ4n) is 2.64. The molecule has 0 spiro atoms. The monoisotopic (exact) mass is 411 g/mol. The second kappa shape index (κ2) is 9.75. The highest BCUT2D eigenvalue weighted by atomic mass is 32.2. The quantitative estimate of drug-likeness (QED) is 0.589. The van der Waals surface area contributed by atoms with E-state index in [1.807, 2.05) is 0 Å². The summed E-state index contributed by atoms with van der Waals surface area (Å²) in [6, 6.07) is 9.09. The van der Waals surface area contributed by atoms with Crippen LogP contribution in [0.1, 0.15) is 30.9 Å². The number of esters is 1. The molecule has 5 nitrogen and oxygen atoms in total. The Labute approximate surface area is 164 Å². The summed E-state index contributed by atoms with van der Waals surface area (Å²) < 4.78 is 58.9. The van der Waals surface area contributed by atoms with Crippen LogP contribution in [0.4, 0.5) is 8.78 Å². The Hall–Kier alpha value is -2.32. The molecule has 0 aliphatic heterocycles. The second-order valence-corrected chi connectivity index (χ2v) is 8.22. The Morgan fingerprint density at radius 3 is 2.39 bits per heavy atom. The van der Waals surface area contributed by atoms with E-state index in [1.54, 1.807) is 6.92 Å². The van der Waals surface area contributed by atoms with Crippen LogP contribution in [0, 0.1) is 18.6 Å². The Morgan fingerprint density at radius 2 is 1.79 bits per heavy atom. The zero-order valence-electron chi connectivity index (χ0n) is 15.8. The topological polar surface area (TPSA) is 63.7 Å². The molecule has 8 heteroatoms. The van der Waals surface area contributed by atoms with E-state index < -0.39 is 27.6 Å². The number of carbonyl (C=O) groups excluding carboxylic acids is 1. The summed E-state index contributed by atoms with van der Waals surface area (Å²) in [4.78, 5) is 11.5. The van der Waals surface area contributed by atoms with E-state index in [0.29, 0.717) is 5.56 Å². The van der Waals surface area contributed by atoms with Crippen molar-refractivity contribution in [2.24, 2.45) is 0 Å². The van der Waals surface area contributed by atoms with Gasteiger partial charge < -0.3 is 4.74 Å². The number of rotatable bonds is 9. The summed E-state index contributed by atoms with van der Waals surface area (Å²) in [7, 11) is -3.94. The van der Waals surface area contributed by atoms with Crippen molar-refractivity contribution in [1.82, 2.24) is 4.31 Å². The predicted octanol–water partition coefficient (Wildman–Crippen LogP) is 3.81. The Balaban J connectivity index is 2.25. The maximum absolute atomic E-state index is 13.5. The molecule has 0 fully saturated rings. The number of nitrogens with zero attached hydrogens (tertiary/aromatic N) is 1. The Kier molecular flexibility index (Phi) is 7.65. The van der Waals surface area contributed by atoms with E-state index in [1.165, 1.54) is 47.6 Å². The minimum absolute atomic E-state index is 0.00185. The maximum atomic E-state index is 13.5. The maximum Gasteiger partial charge on any atom is 0.305 e. The van der Waals surface area contributed by atoms with Crippen LogP contribution in [0.5, 0.6) is 0 Å². The summed E-state index contributed by atoms with van der Waals surface area (Å²) in [5, 5.41) is 0. The highest BCUT2D eigenvalue weighted by molar-refractivity contribution is 7.89. The van der Waals surface area contributed by atoms with Gasteiger partial charge in [0, 0.05) is 19.5 Å². The van der Waals surface area contributed by atoms with Crippen LogP contribution in [0.25, 0.3) is 0 Å². The van der Waals surface area contributed by atoms with Crippen molar-refractivity contribution in [2.45, 2.75) is 38.1 Å². The minimum atomic E-state index is -3.94. The van der Waals surface area contributed by atoms with Gasteiger partial charge in [-0.3, -0.25) is 4.79 Å². The van der Waals surface area contributed by atoms with E-state index in [-0.39, 0.29) is 43.0 Å². The number of halogens is 2. The smallest absolute Gasteiger partial charge is 0.305 e. The highest BCUT2D eigenvalue weighted by Crippen LogP contribution is 2.21. The van der Waals surface area contributed by atoms with Gasteiger partial charge in [0.25, 0.3) is 0 Å². The van der Waals surface area contributed by atoms with Gasteiger partial charge in [-0.15, -0.1) is 0 Å². The molecular formula is C20H23F2NO4S. The van der Waals surface area contributed by atoms with Crippen LogP contribution in [0.15, 0.2) is 47.4 Å². The van der Waals surface area contributed by atoms with Crippen molar-refractivity contribution >= 4 is 16.0 Å². The van der Waals surface area contributed by atoms with E-state index in [4.69, 9.17) is 4.74 Å². The van der Waals surface area contributed by atoms with Gasteiger partial charge in [-0.1, -0.05) is 12.1 Å². The standard InChI is InChI=1S/C20H23F2NO4S/c1-3-27-20(24)5-4-12-23(14-16-6-8-17(21)9-7-16)28(25,26)18-10-11-19(22)15(2)13-18/h6-11,13H,3-5,12,14H2,1-2H3. The van der Waals surface area contributed by atoms with Crippen molar-refractivity contribution < 1.29 is 26.7 Å². The third kappa shape index (κ3) is 5.84. The molecule has 0 amide bonds. The van der Waals surface area contributed by atoms with Crippen LogP contribution in [0.2, 0.25) is 0 Å². The second-order valence-electron chi connectivity index (χ2n) is 6.28. The highest BCUT2D eigenvalue weighted by Gasteiger charge is 2.25. The third-order valence-electron chi connectivity index (χ3n) is 4.13. The SMILES string of the molecule is CCOC(=O)CCCN(Cc1ccc(F)cc1)S(=O)(=O)c1ccc(F)c(C)c1. The van der Waals surface area contributed by atoms with Crippen molar-refractivity contribution in [1.29, 1.82) is 0 Å². The van der Waals surface area contributed by atoms with Crippen molar-refractivity contribution in [3.05, 3.63) is 65.2 Å². The minimum Gasteiger partial charge on any atom is -0.466 e. The average Bonchev–Trinajstić information content (AvgIpc) is 2.65.